The molecule has 0 aliphatic carbocycles. The fraction of sp³-hybridized carbons (Fsp3) is 0.348. The van der Waals surface area contributed by atoms with Gasteiger partial charge in [0.15, 0.2) is 0 Å². The molecule has 0 saturated carbocycles. The first-order valence-electron chi connectivity index (χ1n) is 10.1. The predicted octanol–water partition coefficient (Wildman–Crippen LogP) is 3.61. The molecule has 1 saturated heterocycles. The molecule has 150 valence electrons. The Morgan fingerprint density at radius 2 is 2.07 bits per heavy atom. The molecule has 1 fully saturated rings. The average molecular weight is 390 g/mol. The Morgan fingerprint density at radius 1 is 1.21 bits per heavy atom. The van der Waals surface area contributed by atoms with Crippen molar-refractivity contribution in [2.75, 3.05) is 20.2 Å². The second-order valence-electron chi connectivity index (χ2n) is 7.42. The quantitative estimate of drug-likeness (QED) is 0.645. The molecule has 2 aromatic heterocycles. The number of methoxy groups -OCH3 is 1. The topological polar surface area (TPSA) is 60.2 Å². The Morgan fingerprint density at radius 3 is 2.83 bits per heavy atom. The van der Waals surface area contributed by atoms with E-state index in [-0.39, 0.29) is 11.8 Å². The SMILES string of the molecule is COc1ccc(CCC(=O)N2CCCC(c3cccc(-n4ccnc4)n3)C2)cc1. The normalized spacial score (nSPS) is 16.6. The van der Waals surface area contributed by atoms with Crippen LogP contribution in [0.25, 0.3) is 5.82 Å². The van der Waals surface area contributed by atoms with Gasteiger partial charge < -0.3 is 9.64 Å². The van der Waals surface area contributed by atoms with E-state index in [2.05, 4.69) is 11.1 Å². The van der Waals surface area contributed by atoms with E-state index in [0.29, 0.717) is 6.42 Å². The van der Waals surface area contributed by atoms with E-state index in [0.717, 1.165) is 55.2 Å². The Kier molecular flexibility index (Phi) is 5.89. The van der Waals surface area contributed by atoms with Crippen molar-refractivity contribution in [2.24, 2.45) is 0 Å². The number of rotatable bonds is 6. The molecular formula is C23H26N4O2. The summed E-state index contributed by atoms with van der Waals surface area (Å²) in [6.45, 7) is 1.57. The predicted molar refractivity (Wildman–Crippen MR) is 111 cm³/mol. The molecule has 0 spiro atoms. The van der Waals surface area contributed by atoms with Crippen LogP contribution in [0, 0.1) is 0 Å². The van der Waals surface area contributed by atoms with Crippen molar-refractivity contribution in [3.8, 4) is 11.6 Å². The van der Waals surface area contributed by atoms with Crippen molar-refractivity contribution in [1.29, 1.82) is 0 Å². The van der Waals surface area contributed by atoms with Gasteiger partial charge in [0, 0.05) is 43.5 Å². The smallest absolute Gasteiger partial charge is 0.222 e. The second kappa shape index (κ2) is 8.90. The number of ether oxygens (including phenoxy) is 1. The van der Waals surface area contributed by atoms with Gasteiger partial charge in [-0.3, -0.25) is 9.36 Å². The van der Waals surface area contributed by atoms with Crippen molar-refractivity contribution in [1.82, 2.24) is 19.4 Å². The van der Waals surface area contributed by atoms with E-state index in [9.17, 15) is 4.79 Å². The van der Waals surface area contributed by atoms with Crippen LogP contribution in [0.3, 0.4) is 0 Å². The molecule has 1 aliphatic heterocycles. The van der Waals surface area contributed by atoms with E-state index < -0.39 is 0 Å². The number of hydrogen-bond acceptors (Lipinski definition) is 4. The van der Waals surface area contributed by atoms with E-state index in [1.165, 1.54) is 0 Å². The van der Waals surface area contributed by atoms with E-state index >= 15 is 0 Å². The highest BCUT2D eigenvalue weighted by atomic mass is 16.5. The zero-order valence-electron chi connectivity index (χ0n) is 16.7. The molecule has 0 bridgehead atoms. The Bertz CT molecular complexity index is 938. The van der Waals surface area contributed by atoms with Crippen LogP contribution in [-0.2, 0) is 11.2 Å². The van der Waals surface area contributed by atoms with Gasteiger partial charge >= 0.3 is 0 Å². The molecule has 6 nitrogen and oxygen atoms in total. The molecule has 6 heteroatoms. The Balaban J connectivity index is 1.37. The van der Waals surface area contributed by atoms with Crippen LogP contribution in [0.5, 0.6) is 5.75 Å². The van der Waals surface area contributed by atoms with Gasteiger partial charge in [0.1, 0.15) is 17.9 Å². The largest absolute Gasteiger partial charge is 0.497 e. The molecule has 1 aliphatic rings. The molecule has 1 atom stereocenters. The number of benzene rings is 1. The Hall–Kier alpha value is -3.15. The maximum absolute atomic E-state index is 12.8. The highest BCUT2D eigenvalue weighted by molar-refractivity contribution is 5.76. The van der Waals surface area contributed by atoms with E-state index in [1.807, 2.05) is 52.1 Å². The highest BCUT2D eigenvalue weighted by Crippen LogP contribution is 2.27. The molecule has 3 heterocycles. The number of piperidine rings is 1. The minimum absolute atomic E-state index is 0.219. The van der Waals surface area contributed by atoms with E-state index in [1.54, 1.807) is 19.6 Å². The maximum Gasteiger partial charge on any atom is 0.222 e. The summed E-state index contributed by atoms with van der Waals surface area (Å²) in [7, 11) is 1.66. The molecule has 29 heavy (non-hydrogen) atoms. The van der Waals surface area contributed by atoms with Gasteiger partial charge in [-0.15, -0.1) is 0 Å². The van der Waals surface area contributed by atoms with Crippen LogP contribution in [0.4, 0.5) is 0 Å². The summed E-state index contributed by atoms with van der Waals surface area (Å²) in [6.07, 6.45) is 8.74. The highest BCUT2D eigenvalue weighted by Gasteiger charge is 2.25. The minimum atomic E-state index is 0.219. The summed E-state index contributed by atoms with van der Waals surface area (Å²) >= 11 is 0. The number of aromatic nitrogens is 3. The Labute approximate surface area is 171 Å². The van der Waals surface area contributed by atoms with Gasteiger partial charge in [-0.25, -0.2) is 9.97 Å². The number of amides is 1. The number of pyridine rings is 1. The number of likely N-dealkylation sites (tertiary alicyclic amines) is 1. The average Bonchev–Trinajstić information content (AvgIpc) is 3.33. The number of carbonyl (C=O) groups excluding carboxylic acids is 1. The van der Waals surface area contributed by atoms with Crippen molar-refractivity contribution < 1.29 is 9.53 Å². The molecule has 1 amide bonds. The van der Waals surface area contributed by atoms with Crippen molar-refractivity contribution in [3.05, 3.63) is 72.4 Å². The second-order valence-corrected chi connectivity index (χ2v) is 7.42. The molecule has 4 rings (SSSR count). The van der Waals surface area contributed by atoms with Crippen LogP contribution in [0.15, 0.2) is 61.2 Å². The van der Waals surface area contributed by atoms with Crippen LogP contribution < -0.4 is 4.74 Å². The summed E-state index contributed by atoms with van der Waals surface area (Å²) in [5, 5.41) is 0. The maximum atomic E-state index is 12.8. The number of aryl methyl sites for hydroxylation is 1. The van der Waals surface area contributed by atoms with Crippen molar-refractivity contribution >= 4 is 5.91 Å². The summed E-state index contributed by atoms with van der Waals surface area (Å²) < 4.78 is 7.10. The lowest BCUT2D eigenvalue weighted by Crippen LogP contribution is -2.39. The van der Waals surface area contributed by atoms with Gasteiger partial charge in [0.05, 0.1) is 7.11 Å². The van der Waals surface area contributed by atoms with Crippen molar-refractivity contribution in [3.63, 3.8) is 0 Å². The lowest BCUT2D eigenvalue weighted by molar-refractivity contribution is -0.132. The zero-order valence-corrected chi connectivity index (χ0v) is 16.7. The number of hydrogen-bond donors (Lipinski definition) is 0. The zero-order chi connectivity index (χ0) is 20.1. The third kappa shape index (κ3) is 4.65. The van der Waals surface area contributed by atoms with Gasteiger partial charge in [-0.05, 0) is 49.1 Å². The first-order valence-corrected chi connectivity index (χ1v) is 10.1. The summed E-state index contributed by atoms with van der Waals surface area (Å²) in [6, 6.07) is 14.0. The first-order chi connectivity index (χ1) is 14.2. The molecule has 3 aromatic rings. The summed E-state index contributed by atoms with van der Waals surface area (Å²) in [4.78, 5) is 23.7. The summed E-state index contributed by atoms with van der Waals surface area (Å²) in [5.74, 6) is 2.20. The fourth-order valence-corrected chi connectivity index (χ4v) is 3.85. The van der Waals surface area contributed by atoms with Gasteiger partial charge in [-0.2, -0.15) is 0 Å². The monoisotopic (exact) mass is 390 g/mol. The van der Waals surface area contributed by atoms with Crippen LogP contribution in [0.2, 0.25) is 0 Å². The van der Waals surface area contributed by atoms with E-state index in [4.69, 9.17) is 9.72 Å². The number of nitrogens with zero attached hydrogens (tertiary/aromatic N) is 4. The number of imidazole rings is 1. The third-order valence-corrected chi connectivity index (χ3v) is 5.50. The van der Waals surface area contributed by atoms with Gasteiger partial charge in [0.2, 0.25) is 5.91 Å². The lowest BCUT2D eigenvalue weighted by atomic mass is 9.94. The lowest BCUT2D eigenvalue weighted by Gasteiger charge is -2.32. The van der Waals surface area contributed by atoms with Gasteiger partial charge in [-0.1, -0.05) is 18.2 Å². The fourth-order valence-electron chi connectivity index (χ4n) is 3.85. The molecule has 0 N–H and O–H groups in total. The molecule has 0 radical (unpaired) electrons. The number of carbonyl (C=O) groups is 1. The summed E-state index contributed by atoms with van der Waals surface area (Å²) in [5.41, 5.74) is 2.20. The first kappa shape index (κ1) is 19.2. The molecular weight excluding hydrogens is 364 g/mol. The standard InChI is InChI=1S/C23H26N4O2/c1-29-20-10-7-18(8-11-20)9-12-23(28)26-14-3-4-19(16-26)21-5-2-6-22(25-21)27-15-13-24-17-27/h2,5-8,10-11,13,15,17,19H,3-4,9,12,14,16H2,1H3. The van der Waals surface area contributed by atoms with Crippen LogP contribution in [0.1, 0.15) is 36.4 Å². The van der Waals surface area contributed by atoms with Crippen LogP contribution >= 0.6 is 0 Å². The van der Waals surface area contributed by atoms with Crippen molar-refractivity contribution in [2.45, 2.75) is 31.6 Å². The van der Waals surface area contributed by atoms with Crippen LogP contribution in [-0.4, -0.2) is 45.5 Å². The minimum Gasteiger partial charge on any atom is -0.497 e. The van der Waals surface area contributed by atoms with Gasteiger partial charge in [0.25, 0.3) is 0 Å². The third-order valence-electron chi connectivity index (χ3n) is 5.50. The molecule has 1 aromatic carbocycles. The molecule has 1 unspecified atom stereocenters.